The fourth-order valence-corrected chi connectivity index (χ4v) is 5.99. The highest BCUT2D eigenvalue weighted by Gasteiger charge is 2.34. The van der Waals surface area contributed by atoms with Crippen molar-refractivity contribution in [2.75, 3.05) is 36.4 Å². The number of para-hydroxylation sites is 2. The van der Waals surface area contributed by atoms with Gasteiger partial charge in [-0.15, -0.1) is 0 Å². The van der Waals surface area contributed by atoms with Gasteiger partial charge in [-0.2, -0.15) is 4.31 Å². The van der Waals surface area contributed by atoms with Gasteiger partial charge in [0.05, 0.1) is 16.9 Å². The molecule has 2 aromatic carbocycles. The molecule has 2 saturated heterocycles. The van der Waals surface area contributed by atoms with Crippen LogP contribution in [0.4, 0.5) is 11.4 Å². The van der Waals surface area contributed by atoms with Crippen molar-refractivity contribution in [1.29, 1.82) is 0 Å². The number of rotatable bonds is 3. The molecule has 3 aliphatic rings. The number of ether oxygens (including phenoxy) is 1. The second-order valence-electron chi connectivity index (χ2n) is 7.67. The summed E-state index contributed by atoms with van der Waals surface area (Å²) in [6, 6.07) is 10.4. The Bertz CT molecular complexity index is 1070. The molecule has 152 valence electrons. The minimum Gasteiger partial charge on any atom is -0.454 e. The summed E-state index contributed by atoms with van der Waals surface area (Å²) < 4.78 is 34.4. The molecule has 2 aromatic rings. The van der Waals surface area contributed by atoms with E-state index in [4.69, 9.17) is 4.74 Å². The lowest BCUT2D eigenvalue weighted by Crippen LogP contribution is -2.30. The standard InChI is InChI=1S/C21H23N3O4S/c25-21-15-13-20(29(26,27)24-11-5-6-12-24)17(23-9-3-4-10-23)14-19(15)28-18-8-2-1-7-16(18)22-21/h1-2,7-8,13-14H,3-6,9-12H2,(H,22,25). The largest absolute Gasteiger partial charge is 0.454 e. The maximum atomic E-state index is 13.4. The summed E-state index contributed by atoms with van der Waals surface area (Å²) in [5.74, 6) is 0.563. The van der Waals surface area contributed by atoms with Crippen molar-refractivity contribution in [1.82, 2.24) is 4.31 Å². The Hall–Kier alpha value is -2.58. The average molecular weight is 413 g/mol. The smallest absolute Gasteiger partial charge is 0.259 e. The number of sulfonamides is 1. The Balaban J connectivity index is 1.68. The molecule has 0 aromatic heterocycles. The summed E-state index contributed by atoms with van der Waals surface area (Å²) in [6.07, 6.45) is 3.76. The first-order valence-corrected chi connectivity index (χ1v) is 11.5. The molecule has 3 aliphatic heterocycles. The van der Waals surface area contributed by atoms with Gasteiger partial charge in [-0.1, -0.05) is 12.1 Å². The lowest BCUT2D eigenvalue weighted by molar-refractivity contribution is 0.102. The summed E-state index contributed by atoms with van der Waals surface area (Å²) in [6.45, 7) is 2.63. The third-order valence-corrected chi connectivity index (χ3v) is 7.72. The first-order valence-electron chi connectivity index (χ1n) is 10.1. The van der Waals surface area contributed by atoms with Crippen LogP contribution in [0.2, 0.25) is 0 Å². The van der Waals surface area contributed by atoms with Gasteiger partial charge in [0.25, 0.3) is 5.91 Å². The number of nitrogens with zero attached hydrogens (tertiary/aromatic N) is 2. The maximum absolute atomic E-state index is 13.4. The first kappa shape index (κ1) is 18.4. The highest BCUT2D eigenvalue weighted by Crippen LogP contribution is 2.41. The van der Waals surface area contributed by atoms with E-state index >= 15 is 0 Å². The van der Waals surface area contributed by atoms with Crippen molar-refractivity contribution in [3.63, 3.8) is 0 Å². The Morgan fingerprint density at radius 1 is 0.897 bits per heavy atom. The van der Waals surface area contributed by atoms with Crippen LogP contribution in [0.5, 0.6) is 11.5 Å². The molecule has 1 N–H and O–H groups in total. The highest BCUT2D eigenvalue weighted by atomic mass is 32.2. The second-order valence-corrected chi connectivity index (χ2v) is 9.58. The summed E-state index contributed by atoms with van der Waals surface area (Å²) >= 11 is 0. The fourth-order valence-electron chi connectivity index (χ4n) is 4.26. The Morgan fingerprint density at radius 3 is 2.34 bits per heavy atom. The van der Waals surface area contributed by atoms with E-state index in [0.29, 0.717) is 36.0 Å². The minimum absolute atomic E-state index is 0.199. The predicted molar refractivity (Wildman–Crippen MR) is 110 cm³/mol. The van der Waals surface area contributed by atoms with E-state index in [1.807, 2.05) is 12.1 Å². The van der Waals surface area contributed by atoms with Crippen LogP contribution in [0, 0.1) is 0 Å². The molecule has 0 unspecified atom stereocenters. The van der Waals surface area contributed by atoms with Gasteiger partial charge in [0.1, 0.15) is 10.6 Å². The van der Waals surface area contributed by atoms with Crippen molar-refractivity contribution in [2.45, 2.75) is 30.6 Å². The van der Waals surface area contributed by atoms with Crippen LogP contribution in [0.15, 0.2) is 41.3 Å². The molecule has 0 radical (unpaired) electrons. The van der Waals surface area contributed by atoms with Gasteiger partial charge in [0, 0.05) is 32.2 Å². The zero-order valence-corrected chi connectivity index (χ0v) is 16.9. The second kappa shape index (κ2) is 7.03. The van der Waals surface area contributed by atoms with Gasteiger partial charge < -0.3 is 15.0 Å². The summed E-state index contributed by atoms with van der Waals surface area (Å²) in [5, 5.41) is 2.83. The Morgan fingerprint density at radius 2 is 1.59 bits per heavy atom. The number of benzene rings is 2. The van der Waals surface area contributed by atoms with Crippen molar-refractivity contribution in [2.24, 2.45) is 0 Å². The van der Waals surface area contributed by atoms with E-state index in [1.54, 1.807) is 18.2 Å². The van der Waals surface area contributed by atoms with Crippen molar-refractivity contribution >= 4 is 27.3 Å². The van der Waals surface area contributed by atoms with Crippen LogP contribution < -0.4 is 15.0 Å². The van der Waals surface area contributed by atoms with Crippen LogP contribution in [0.25, 0.3) is 0 Å². The van der Waals surface area contributed by atoms with E-state index in [0.717, 1.165) is 38.8 Å². The third kappa shape index (κ3) is 3.16. The summed E-state index contributed by atoms with van der Waals surface area (Å²) in [7, 11) is -3.69. The number of hydrogen-bond acceptors (Lipinski definition) is 5. The zero-order valence-electron chi connectivity index (χ0n) is 16.1. The van der Waals surface area contributed by atoms with Crippen LogP contribution in [0.3, 0.4) is 0 Å². The number of carbonyl (C=O) groups is 1. The van der Waals surface area contributed by atoms with Gasteiger partial charge >= 0.3 is 0 Å². The van der Waals surface area contributed by atoms with Gasteiger partial charge in [0.15, 0.2) is 5.75 Å². The topological polar surface area (TPSA) is 79.0 Å². The van der Waals surface area contributed by atoms with Gasteiger partial charge in [-0.25, -0.2) is 8.42 Å². The molecular weight excluding hydrogens is 390 g/mol. The number of hydrogen-bond donors (Lipinski definition) is 1. The molecule has 8 heteroatoms. The van der Waals surface area contributed by atoms with E-state index in [-0.39, 0.29) is 16.4 Å². The molecule has 0 saturated carbocycles. The minimum atomic E-state index is -3.69. The lowest BCUT2D eigenvalue weighted by atomic mass is 10.1. The third-order valence-electron chi connectivity index (χ3n) is 5.79. The zero-order chi connectivity index (χ0) is 20.0. The van der Waals surface area contributed by atoms with Crippen LogP contribution >= 0.6 is 0 Å². The van der Waals surface area contributed by atoms with Gasteiger partial charge in [0.2, 0.25) is 10.0 Å². The Labute approximate surface area is 170 Å². The molecule has 0 aliphatic carbocycles. The van der Waals surface area contributed by atoms with Crippen molar-refractivity contribution in [3.05, 3.63) is 42.0 Å². The molecule has 5 rings (SSSR count). The fraction of sp³-hybridized carbons (Fsp3) is 0.381. The summed E-state index contributed by atoms with van der Waals surface area (Å²) in [4.78, 5) is 15.2. The number of fused-ring (bicyclic) bond motifs is 2. The van der Waals surface area contributed by atoms with E-state index in [2.05, 4.69) is 10.2 Å². The van der Waals surface area contributed by atoms with Crippen LogP contribution in [-0.2, 0) is 10.0 Å². The normalized spacial score (nSPS) is 19.3. The van der Waals surface area contributed by atoms with Crippen molar-refractivity contribution in [3.8, 4) is 11.5 Å². The quantitative estimate of drug-likeness (QED) is 0.834. The van der Waals surface area contributed by atoms with Crippen molar-refractivity contribution < 1.29 is 17.9 Å². The number of nitrogens with one attached hydrogen (secondary N) is 1. The molecule has 0 spiro atoms. The molecular formula is C21H23N3O4S. The van der Waals surface area contributed by atoms with Crippen LogP contribution in [0.1, 0.15) is 36.0 Å². The molecule has 29 heavy (non-hydrogen) atoms. The average Bonchev–Trinajstić information content (AvgIpc) is 3.41. The highest BCUT2D eigenvalue weighted by molar-refractivity contribution is 7.89. The first-order chi connectivity index (χ1) is 14.0. The van der Waals surface area contributed by atoms with E-state index in [9.17, 15) is 13.2 Å². The number of carbonyl (C=O) groups excluding carboxylic acids is 1. The lowest BCUT2D eigenvalue weighted by Gasteiger charge is -2.25. The molecule has 1 amide bonds. The van der Waals surface area contributed by atoms with E-state index < -0.39 is 10.0 Å². The van der Waals surface area contributed by atoms with Gasteiger partial charge in [-0.3, -0.25) is 4.79 Å². The molecule has 0 bridgehead atoms. The predicted octanol–water partition coefficient (Wildman–Crippen LogP) is 3.43. The monoisotopic (exact) mass is 413 g/mol. The maximum Gasteiger partial charge on any atom is 0.259 e. The SMILES string of the molecule is O=C1Nc2ccccc2Oc2cc(N3CCCC3)c(S(=O)(=O)N3CCCC3)cc21. The number of amides is 1. The summed E-state index contributed by atoms with van der Waals surface area (Å²) in [5.41, 5.74) is 1.43. The molecule has 7 nitrogen and oxygen atoms in total. The Kier molecular flexibility index (Phi) is 4.48. The number of anilines is 2. The van der Waals surface area contributed by atoms with E-state index in [1.165, 1.54) is 10.4 Å². The molecule has 2 fully saturated rings. The van der Waals surface area contributed by atoms with Crippen LogP contribution in [-0.4, -0.2) is 44.8 Å². The molecule has 3 heterocycles. The molecule has 0 atom stereocenters. The van der Waals surface area contributed by atoms with Gasteiger partial charge in [-0.05, 0) is 43.9 Å².